The molecule has 0 aromatic carbocycles. The molecule has 0 aliphatic heterocycles. The van der Waals surface area contributed by atoms with E-state index in [4.69, 9.17) is 4.74 Å². The summed E-state index contributed by atoms with van der Waals surface area (Å²) < 4.78 is 8.45. The van der Waals surface area contributed by atoms with Gasteiger partial charge in [0.2, 0.25) is 0 Å². The van der Waals surface area contributed by atoms with Gasteiger partial charge in [-0.05, 0) is 26.7 Å². The fourth-order valence-corrected chi connectivity index (χ4v) is 1.31. The van der Waals surface area contributed by atoms with Crippen LogP contribution < -0.4 is 10.4 Å². The van der Waals surface area contributed by atoms with Crippen molar-refractivity contribution in [1.82, 2.24) is 14.3 Å². The smallest absolute Gasteiger partial charge is 0.348 e. The second kappa shape index (κ2) is 3.15. The summed E-state index contributed by atoms with van der Waals surface area (Å²) in [6.45, 7) is 3.89. The molecule has 0 radical (unpaired) electrons. The van der Waals surface area contributed by atoms with E-state index in [0.29, 0.717) is 6.01 Å². The first-order chi connectivity index (χ1) is 6.59. The van der Waals surface area contributed by atoms with Gasteiger partial charge in [-0.3, -0.25) is 0 Å². The highest BCUT2D eigenvalue weighted by atomic mass is 16.5. The Morgan fingerprint density at radius 2 is 2.14 bits per heavy atom. The second-order valence-corrected chi connectivity index (χ2v) is 3.97. The number of hydrogen-bond donors (Lipinski definition) is 0. The minimum Gasteiger partial charge on any atom is -0.460 e. The summed E-state index contributed by atoms with van der Waals surface area (Å²) in [7, 11) is 1.64. The summed E-state index contributed by atoms with van der Waals surface area (Å²) in [6.07, 6.45) is 2.42. The number of aryl methyl sites for hydroxylation is 1. The lowest BCUT2D eigenvalue weighted by molar-refractivity contribution is 0.256. The van der Waals surface area contributed by atoms with Crippen molar-refractivity contribution >= 4 is 0 Å². The van der Waals surface area contributed by atoms with E-state index in [9.17, 15) is 4.79 Å². The summed E-state index contributed by atoms with van der Waals surface area (Å²) in [5.74, 6) is 0. The van der Waals surface area contributed by atoms with E-state index in [1.165, 1.54) is 4.68 Å². The third-order valence-electron chi connectivity index (χ3n) is 2.24. The molecule has 0 amide bonds. The maximum atomic E-state index is 11.6. The van der Waals surface area contributed by atoms with Crippen LogP contribution in [0.4, 0.5) is 0 Å². The molecule has 0 saturated heterocycles. The molecule has 5 heteroatoms. The molecule has 1 saturated carbocycles. The standard InChI is InChI=1S/C9H15N3O2/c1-6(2)12-8(14-7-4-5-7)10-11(3)9(12)13/h6-7H,4-5H2,1-3H3. The highest BCUT2D eigenvalue weighted by Gasteiger charge is 2.27. The predicted molar refractivity (Wildman–Crippen MR) is 51.5 cm³/mol. The molecule has 78 valence electrons. The van der Waals surface area contributed by atoms with Crippen molar-refractivity contribution < 1.29 is 4.74 Å². The van der Waals surface area contributed by atoms with Gasteiger partial charge in [0.1, 0.15) is 6.10 Å². The Balaban J connectivity index is 2.36. The molecule has 1 heterocycles. The normalized spacial score (nSPS) is 16.3. The third-order valence-corrected chi connectivity index (χ3v) is 2.24. The van der Waals surface area contributed by atoms with Crippen molar-refractivity contribution in [3.8, 4) is 6.01 Å². The van der Waals surface area contributed by atoms with Gasteiger partial charge in [0.05, 0.1) is 0 Å². The van der Waals surface area contributed by atoms with Gasteiger partial charge < -0.3 is 4.74 Å². The highest BCUT2D eigenvalue weighted by Crippen LogP contribution is 2.25. The Hall–Kier alpha value is -1.26. The first-order valence-corrected chi connectivity index (χ1v) is 4.91. The molecule has 0 bridgehead atoms. The monoisotopic (exact) mass is 197 g/mol. The molecule has 0 unspecified atom stereocenters. The van der Waals surface area contributed by atoms with Gasteiger partial charge in [-0.25, -0.2) is 14.0 Å². The first-order valence-electron chi connectivity index (χ1n) is 4.91. The maximum absolute atomic E-state index is 11.6. The zero-order chi connectivity index (χ0) is 10.3. The first kappa shape index (κ1) is 9.30. The van der Waals surface area contributed by atoms with E-state index in [2.05, 4.69) is 5.10 Å². The molecule has 14 heavy (non-hydrogen) atoms. The van der Waals surface area contributed by atoms with Gasteiger partial charge in [0.25, 0.3) is 0 Å². The Labute approximate surface area is 82.3 Å². The van der Waals surface area contributed by atoms with Crippen molar-refractivity contribution in [3.05, 3.63) is 10.5 Å². The largest absolute Gasteiger partial charge is 0.460 e. The predicted octanol–water partition coefficient (Wildman–Crippen LogP) is 0.704. The fraction of sp³-hybridized carbons (Fsp3) is 0.778. The summed E-state index contributed by atoms with van der Waals surface area (Å²) >= 11 is 0. The molecule has 1 aromatic rings. The van der Waals surface area contributed by atoms with Gasteiger partial charge in [-0.1, -0.05) is 0 Å². The summed E-state index contributed by atoms with van der Waals surface area (Å²) in [4.78, 5) is 11.6. The van der Waals surface area contributed by atoms with E-state index in [1.807, 2.05) is 13.8 Å². The summed E-state index contributed by atoms with van der Waals surface area (Å²) in [6, 6.07) is 0.542. The quantitative estimate of drug-likeness (QED) is 0.716. The second-order valence-electron chi connectivity index (χ2n) is 3.97. The van der Waals surface area contributed by atoms with Crippen LogP contribution >= 0.6 is 0 Å². The summed E-state index contributed by atoms with van der Waals surface area (Å²) in [5.41, 5.74) is -0.115. The van der Waals surface area contributed by atoms with Crippen molar-refractivity contribution in [2.24, 2.45) is 7.05 Å². The molecule has 0 spiro atoms. The topological polar surface area (TPSA) is 49.0 Å². The molecular formula is C9H15N3O2. The maximum Gasteiger partial charge on any atom is 0.348 e. The molecule has 1 aromatic heterocycles. The number of ether oxygens (including phenoxy) is 1. The molecule has 0 N–H and O–H groups in total. The minimum atomic E-state index is -0.115. The number of aromatic nitrogens is 3. The third kappa shape index (κ3) is 1.54. The fourth-order valence-electron chi connectivity index (χ4n) is 1.31. The lowest BCUT2D eigenvalue weighted by Gasteiger charge is -2.08. The van der Waals surface area contributed by atoms with Crippen molar-refractivity contribution in [3.63, 3.8) is 0 Å². The van der Waals surface area contributed by atoms with Crippen LogP contribution in [-0.2, 0) is 7.05 Å². The van der Waals surface area contributed by atoms with Crippen LogP contribution in [0.1, 0.15) is 32.7 Å². The van der Waals surface area contributed by atoms with Gasteiger partial charge >= 0.3 is 11.7 Å². The Kier molecular flexibility index (Phi) is 2.09. The molecule has 1 aliphatic rings. The number of rotatable bonds is 3. The van der Waals surface area contributed by atoms with Crippen molar-refractivity contribution in [2.75, 3.05) is 0 Å². The van der Waals surface area contributed by atoms with E-state index < -0.39 is 0 Å². The molecule has 0 atom stereocenters. The molecular weight excluding hydrogens is 182 g/mol. The highest BCUT2D eigenvalue weighted by molar-refractivity contribution is 4.98. The van der Waals surface area contributed by atoms with Gasteiger partial charge in [0.15, 0.2) is 0 Å². The Bertz CT molecular complexity index is 387. The lowest BCUT2D eigenvalue weighted by atomic mass is 10.4. The van der Waals surface area contributed by atoms with Gasteiger partial charge in [-0.2, -0.15) is 0 Å². The van der Waals surface area contributed by atoms with Gasteiger partial charge in [-0.15, -0.1) is 5.10 Å². The molecule has 5 nitrogen and oxygen atoms in total. The number of hydrogen-bond acceptors (Lipinski definition) is 3. The average Bonchev–Trinajstić information content (AvgIpc) is 2.82. The van der Waals surface area contributed by atoms with Crippen LogP contribution in [0.25, 0.3) is 0 Å². The van der Waals surface area contributed by atoms with Crippen LogP contribution in [0.15, 0.2) is 4.79 Å². The Morgan fingerprint density at radius 3 is 2.64 bits per heavy atom. The lowest BCUT2D eigenvalue weighted by Crippen LogP contribution is -2.24. The van der Waals surface area contributed by atoms with Crippen molar-refractivity contribution in [1.29, 1.82) is 0 Å². The molecule has 2 rings (SSSR count). The molecule has 1 aliphatic carbocycles. The van der Waals surface area contributed by atoms with E-state index >= 15 is 0 Å². The van der Waals surface area contributed by atoms with Crippen LogP contribution in [0.2, 0.25) is 0 Å². The average molecular weight is 197 g/mol. The zero-order valence-electron chi connectivity index (χ0n) is 8.73. The van der Waals surface area contributed by atoms with E-state index in [1.54, 1.807) is 11.6 Å². The molecule has 1 fully saturated rings. The number of nitrogens with zero attached hydrogens (tertiary/aromatic N) is 3. The summed E-state index contributed by atoms with van der Waals surface area (Å²) in [5, 5.41) is 4.06. The minimum absolute atomic E-state index is 0.0879. The van der Waals surface area contributed by atoms with Crippen LogP contribution in [0.5, 0.6) is 6.01 Å². The van der Waals surface area contributed by atoms with Crippen molar-refractivity contribution in [2.45, 2.75) is 38.8 Å². The van der Waals surface area contributed by atoms with E-state index in [0.717, 1.165) is 12.8 Å². The van der Waals surface area contributed by atoms with Crippen LogP contribution in [-0.4, -0.2) is 20.5 Å². The zero-order valence-corrected chi connectivity index (χ0v) is 8.73. The van der Waals surface area contributed by atoms with E-state index in [-0.39, 0.29) is 17.8 Å². The van der Waals surface area contributed by atoms with Gasteiger partial charge in [0, 0.05) is 13.1 Å². The van der Waals surface area contributed by atoms with Crippen LogP contribution in [0, 0.1) is 0 Å². The van der Waals surface area contributed by atoms with Crippen LogP contribution in [0.3, 0.4) is 0 Å². The Morgan fingerprint density at radius 1 is 1.50 bits per heavy atom. The SMILES string of the molecule is CC(C)n1c(OC2CC2)nn(C)c1=O.